The second kappa shape index (κ2) is 14.6. The van der Waals surface area contributed by atoms with E-state index in [-0.39, 0.29) is 47.4 Å². The highest BCUT2D eigenvalue weighted by Crippen LogP contribution is 2.42. The van der Waals surface area contributed by atoms with Crippen LogP contribution < -0.4 is 10.6 Å². The summed E-state index contributed by atoms with van der Waals surface area (Å²) in [5, 5.41) is 15.5. The van der Waals surface area contributed by atoms with E-state index in [0.29, 0.717) is 48.9 Å². The summed E-state index contributed by atoms with van der Waals surface area (Å²) in [5.41, 5.74) is 0.208. The molecule has 5 rings (SSSR count). The number of nitrogens with zero attached hydrogens (tertiary/aromatic N) is 1. The maximum absolute atomic E-state index is 14.1. The number of likely N-dealkylation sites (tertiary alicyclic amines) is 1. The van der Waals surface area contributed by atoms with Crippen molar-refractivity contribution in [3.05, 3.63) is 30.0 Å². The number of furan rings is 1. The van der Waals surface area contributed by atoms with Crippen LogP contribution in [0.1, 0.15) is 89.1 Å². The van der Waals surface area contributed by atoms with Crippen molar-refractivity contribution in [1.82, 2.24) is 10.2 Å². The Morgan fingerprint density at radius 2 is 1.72 bits per heavy atom. The van der Waals surface area contributed by atoms with Gasteiger partial charge in [-0.15, -0.1) is 0 Å². The van der Waals surface area contributed by atoms with E-state index in [9.17, 15) is 28.7 Å². The Labute approximate surface area is 274 Å². The summed E-state index contributed by atoms with van der Waals surface area (Å²) in [4.78, 5) is 53.6. The van der Waals surface area contributed by atoms with Crippen molar-refractivity contribution in [2.45, 2.75) is 102 Å². The molecule has 258 valence electrons. The minimum Gasteiger partial charge on any atom is -0.475 e. The fourth-order valence-electron chi connectivity index (χ4n) is 7.83. The van der Waals surface area contributed by atoms with Crippen molar-refractivity contribution in [1.29, 1.82) is 0 Å². The lowest BCUT2D eigenvalue weighted by Gasteiger charge is -2.38. The molecule has 0 unspecified atom stereocenters. The lowest BCUT2D eigenvalue weighted by Crippen LogP contribution is -2.50. The number of amides is 3. The third-order valence-electron chi connectivity index (χ3n) is 10.2. The maximum atomic E-state index is 14.1. The normalized spacial score (nSPS) is 27.3. The third kappa shape index (κ3) is 8.25. The number of rotatable bonds is 9. The van der Waals surface area contributed by atoms with E-state index >= 15 is 0 Å². The van der Waals surface area contributed by atoms with Crippen molar-refractivity contribution < 1.29 is 42.6 Å². The molecule has 1 aromatic carbocycles. The first-order valence-corrected chi connectivity index (χ1v) is 16.8. The highest BCUT2D eigenvalue weighted by atomic mass is 19.1. The zero-order valence-corrected chi connectivity index (χ0v) is 27.8. The number of nitrogens with one attached hydrogen (secondary N) is 2. The molecule has 0 spiro atoms. The molecular formula is C35H48FN3O8. The minimum atomic E-state index is -1.17. The van der Waals surface area contributed by atoms with Crippen molar-refractivity contribution in [2.75, 3.05) is 25.6 Å². The summed E-state index contributed by atoms with van der Waals surface area (Å²) in [6.45, 7) is 5.03. The number of halogens is 1. The highest BCUT2D eigenvalue weighted by Gasteiger charge is 2.47. The van der Waals surface area contributed by atoms with Crippen LogP contribution in [0.3, 0.4) is 0 Å². The Hall–Kier alpha value is -3.67. The average Bonchev–Trinajstić information content (AvgIpc) is 3.68. The molecule has 3 amide bonds. The number of carboxylic acids is 1. The zero-order valence-electron chi connectivity index (χ0n) is 27.8. The standard InChI is InChI=1S/C35H48FN3O8/c1-35(2,3)47-34(44)38-27(19-36)21-5-7-22(8-6-21)32(41)39-16-15-26(20-9-12-25(45-4)13-10-20)30(39)31(40)37-24-11-14-28-23(17-24)18-29(46-28)33(42)43/h11,14,17-18,20-22,25-27,30H,5-10,12-13,15-16,19H2,1-4H3,(H,37,40)(H,38,44)(H,42,43)/t20-,21-,22-,25+,26-,27+,30-/m0/s1. The van der Waals surface area contributed by atoms with E-state index in [1.807, 2.05) is 0 Å². The van der Waals surface area contributed by atoms with Crippen molar-refractivity contribution >= 4 is 40.5 Å². The molecule has 3 fully saturated rings. The first kappa shape index (κ1) is 34.7. The topological polar surface area (TPSA) is 147 Å². The second-order valence-electron chi connectivity index (χ2n) is 14.4. The van der Waals surface area contributed by atoms with Gasteiger partial charge in [0.15, 0.2) is 0 Å². The summed E-state index contributed by atoms with van der Waals surface area (Å²) in [6.07, 6.45) is 6.24. The van der Waals surface area contributed by atoms with Gasteiger partial charge < -0.3 is 34.5 Å². The first-order valence-electron chi connectivity index (χ1n) is 16.8. The summed E-state index contributed by atoms with van der Waals surface area (Å²) in [6, 6.07) is 5.06. The zero-order chi connectivity index (χ0) is 33.9. The monoisotopic (exact) mass is 657 g/mol. The molecule has 11 nitrogen and oxygen atoms in total. The molecule has 2 heterocycles. The predicted octanol–water partition coefficient (Wildman–Crippen LogP) is 6.16. The van der Waals surface area contributed by atoms with Gasteiger partial charge in [0.25, 0.3) is 0 Å². The van der Waals surface area contributed by atoms with Gasteiger partial charge in [-0.1, -0.05) is 0 Å². The average molecular weight is 658 g/mol. The van der Waals surface area contributed by atoms with Crippen LogP contribution in [0.5, 0.6) is 0 Å². The Kier molecular flexibility index (Phi) is 10.8. The second-order valence-corrected chi connectivity index (χ2v) is 14.4. The number of aromatic carboxylic acids is 1. The number of alkyl halides is 1. The van der Waals surface area contributed by atoms with Gasteiger partial charge in [0, 0.05) is 30.6 Å². The molecule has 3 N–H and O–H groups in total. The molecule has 0 bridgehead atoms. The number of fused-ring (bicyclic) bond motifs is 1. The van der Waals surface area contributed by atoms with Gasteiger partial charge in [-0.3, -0.25) is 9.59 Å². The molecule has 1 aromatic heterocycles. The number of carbonyl (C=O) groups excluding carboxylic acids is 3. The van der Waals surface area contributed by atoms with Crippen LogP contribution in [0.2, 0.25) is 0 Å². The van der Waals surface area contributed by atoms with E-state index in [2.05, 4.69) is 10.6 Å². The van der Waals surface area contributed by atoms with Crippen LogP contribution in [0.4, 0.5) is 14.9 Å². The van der Waals surface area contributed by atoms with Crippen molar-refractivity contribution in [2.24, 2.45) is 23.7 Å². The van der Waals surface area contributed by atoms with E-state index < -0.39 is 36.4 Å². The lowest BCUT2D eigenvalue weighted by atomic mass is 9.75. The molecule has 1 saturated heterocycles. The molecule has 2 saturated carbocycles. The molecule has 2 aromatic rings. The van der Waals surface area contributed by atoms with Crippen LogP contribution in [-0.2, 0) is 19.1 Å². The molecule has 12 heteroatoms. The molecule has 3 aliphatic rings. The van der Waals surface area contributed by atoms with Gasteiger partial charge in [0.2, 0.25) is 17.6 Å². The summed E-state index contributed by atoms with van der Waals surface area (Å²) >= 11 is 0. The third-order valence-corrected chi connectivity index (χ3v) is 10.2. The number of methoxy groups -OCH3 is 1. The Morgan fingerprint density at radius 1 is 1.02 bits per heavy atom. The summed E-state index contributed by atoms with van der Waals surface area (Å²) < 4.78 is 30.3. The Bertz CT molecular complexity index is 1440. The van der Waals surface area contributed by atoms with Crippen LogP contribution in [0.15, 0.2) is 28.7 Å². The predicted molar refractivity (Wildman–Crippen MR) is 173 cm³/mol. The number of ether oxygens (including phenoxy) is 2. The molecule has 2 aliphatic carbocycles. The van der Waals surface area contributed by atoms with Gasteiger partial charge in [0.05, 0.1) is 12.1 Å². The van der Waals surface area contributed by atoms with Crippen LogP contribution in [-0.4, -0.2) is 78.0 Å². The number of alkyl carbamates (subject to hydrolysis) is 1. The smallest absolute Gasteiger partial charge is 0.407 e. The fraction of sp³-hybridized carbons (Fsp3) is 0.657. The van der Waals surface area contributed by atoms with E-state index in [4.69, 9.17) is 13.9 Å². The van der Waals surface area contributed by atoms with E-state index in [0.717, 1.165) is 32.1 Å². The van der Waals surface area contributed by atoms with Crippen LogP contribution in [0, 0.1) is 23.7 Å². The highest BCUT2D eigenvalue weighted by molar-refractivity contribution is 6.00. The number of carboxylic acid groups (broad SMARTS) is 1. The van der Waals surface area contributed by atoms with E-state index in [1.54, 1.807) is 51.0 Å². The SMILES string of the molecule is CO[C@H]1CC[C@@H]([C@@H]2CCN(C(=O)[C@H]3CC[C@H]([C@@H](CF)NC(=O)OC(C)(C)C)CC3)[C@@H]2C(=O)Nc2ccc3oc(C(=O)O)cc3c2)CC1. The number of anilines is 1. The molecule has 47 heavy (non-hydrogen) atoms. The number of benzene rings is 1. The van der Waals surface area contributed by atoms with Gasteiger partial charge in [-0.2, -0.15) is 0 Å². The summed E-state index contributed by atoms with van der Waals surface area (Å²) in [5.74, 6) is -1.79. The van der Waals surface area contributed by atoms with Gasteiger partial charge in [-0.25, -0.2) is 14.0 Å². The molecular weight excluding hydrogens is 609 g/mol. The number of hydrogen-bond donors (Lipinski definition) is 3. The fourth-order valence-corrected chi connectivity index (χ4v) is 7.83. The maximum Gasteiger partial charge on any atom is 0.407 e. The Morgan fingerprint density at radius 3 is 2.34 bits per heavy atom. The molecule has 3 atom stereocenters. The number of carbonyl (C=O) groups is 4. The lowest BCUT2D eigenvalue weighted by molar-refractivity contribution is -0.142. The quantitative estimate of drug-likeness (QED) is 0.291. The molecule has 1 aliphatic heterocycles. The van der Waals surface area contributed by atoms with Crippen molar-refractivity contribution in [3.63, 3.8) is 0 Å². The van der Waals surface area contributed by atoms with Gasteiger partial charge >= 0.3 is 12.1 Å². The van der Waals surface area contributed by atoms with E-state index in [1.165, 1.54) is 6.07 Å². The van der Waals surface area contributed by atoms with Gasteiger partial charge in [0.1, 0.15) is 23.9 Å². The molecule has 0 radical (unpaired) electrons. The van der Waals surface area contributed by atoms with Crippen molar-refractivity contribution in [3.8, 4) is 0 Å². The first-order chi connectivity index (χ1) is 22.4. The summed E-state index contributed by atoms with van der Waals surface area (Å²) in [7, 11) is 1.73. The number of hydrogen-bond acceptors (Lipinski definition) is 7. The minimum absolute atomic E-state index is 0.00156. The largest absolute Gasteiger partial charge is 0.475 e. The van der Waals surface area contributed by atoms with Crippen LogP contribution in [0.25, 0.3) is 11.0 Å². The Balaban J connectivity index is 1.28. The van der Waals surface area contributed by atoms with Gasteiger partial charge in [-0.05, 0) is 121 Å². The van der Waals surface area contributed by atoms with Crippen LogP contribution >= 0.6 is 0 Å².